The molecule has 146 valence electrons. The molecule has 8 nitrogen and oxygen atoms in total. The van der Waals surface area contributed by atoms with Crippen LogP contribution in [0.2, 0.25) is 0 Å². The van der Waals surface area contributed by atoms with Gasteiger partial charge in [-0.2, -0.15) is 0 Å². The summed E-state index contributed by atoms with van der Waals surface area (Å²) in [7, 11) is 3.50. The van der Waals surface area contributed by atoms with Crippen LogP contribution >= 0.6 is 0 Å². The van der Waals surface area contributed by atoms with Crippen molar-refractivity contribution in [3.05, 3.63) is 65.1 Å². The lowest BCUT2D eigenvalue weighted by Crippen LogP contribution is -2.36. The fourth-order valence-corrected chi connectivity index (χ4v) is 2.66. The number of urea groups is 1. The van der Waals surface area contributed by atoms with Crippen LogP contribution < -0.4 is 10.1 Å². The minimum absolute atomic E-state index is 0.195. The summed E-state index contributed by atoms with van der Waals surface area (Å²) in [5.41, 5.74) is 3.87. The van der Waals surface area contributed by atoms with Gasteiger partial charge in [0.25, 0.3) is 0 Å². The van der Waals surface area contributed by atoms with Crippen LogP contribution in [0.3, 0.4) is 0 Å². The molecule has 0 bridgehead atoms. The van der Waals surface area contributed by atoms with Gasteiger partial charge in [-0.25, -0.2) is 9.78 Å². The predicted molar refractivity (Wildman–Crippen MR) is 105 cm³/mol. The van der Waals surface area contributed by atoms with Gasteiger partial charge in [-0.1, -0.05) is 17.3 Å². The fourth-order valence-electron chi connectivity index (χ4n) is 2.66. The maximum Gasteiger partial charge on any atom is 0.317 e. The quantitative estimate of drug-likeness (QED) is 0.711. The molecule has 2 aromatic heterocycles. The van der Waals surface area contributed by atoms with E-state index in [4.69, 9.17) is 4.74 Å². The molecular weight excluding hydrogens is 356 g/mol. The molecule has 1 aromatic carbocycles. The Morgan fingerprint density at radius 1 is 1.29 bits per heavy atom. The first-order valence-electron chi connectivity index (χ1n) is 8.95. The summed E-state index contributed by atoms with van der Waals surface area (Å²) in [6.45, 7) is 4.81. The summed E-state index contributed by atoms with van der Waals surface area (Å²) in [5, 5.41) is 10.7. The molecule has 1 N–H and O–H groups in total. The SMILES string of the molecule is Cc1cccc(Oc2cc(CNC(=O)N(C)Cc3cn(C)nn3)ccn2)c1C. The fraction of sp³-hybridized carbons (Fsp3) is 0.300. The number of rotatable bonds is 6. The average molecular weight is 380 g/mol. The molecule has 0 unspecified atom stereocenters. The van der Waals surface area contributed by atoms with Crippen molar-refractivity contribution < 1.29 is 9.53 Å². The summed E-state index contributed by atoms with van der Waals surface area (Å²) in [5.74, 6) is 1.27. The maximum atomic E-state index is 12.3. The summed E-state index contributed by atoms with van der Waals surface area (Å²) >= 11 is 0. The third kappa shape index (κ3) is 4.85. The maximum absolute atomic E-state index is 12.3. The molecule has 0 atom stereocenters. The van der Waals surface area contributed by atoms with Crippen LogP contribution in [0.1, 0.15) is 22.4 Å². The molecule has 2 amide bonds. The highest BCUT2D eigenvalue weighted by atomic mass is 16.5. The number of benzene rings is 1. The molecule has 0 saturated heterocycles. The molecule has 0 fully saturated rings. The van der Waals surface area contributed by atoms with E-state index in [1.807, 2.05) is 44.2 Å². The Morgan fingerprint density at radius 2 is 2.11 bits per heavy atom. The molecule has 0 radical (unpaired) electrons. The van der Waals surface area contributed by atoms with Crippen LogP contribution in [-0.4, -0.2) is 38.0 Å². The second kappa shape index (κ2) is 8.51. The number of carbonyl (C=O) groups excluding carboxylic acids is 1. The second-order valence-electron chi connectivity index (χ2n) is 6.70. The standard InChI is InChI=1S/C20H24N6O2/c1-14-6-5-7-18(15(14)2)28-19-10-16(8-9-21-19)11-22-20(27)25(3)12-17-13-26(4)24-23-17/h5-10,13H,11-12H2,1-4H3,(H,22,27). The normalized spacial score (nSPS) is 10.6. The third-order valence-electron chi connectivity index (χ3n) is 4.41. The number of amides is 2. The number of hydrogen-bond donors (Lipinski definition) is 1. The number of aryl methyl sites for hydroxylation is 2. The summed E-state index contributed by atoms with van der Waals surface area (Å²) in [4.78, 5) is 18.1. The molecule has 0 aliphatic heterocycles. The van der Waals surface area contributed by atoms with Crippen molar-refractivity contribution in [1.82, 2.24) is 30.2 Å². The highest BCUT2D eigenvalue weighted by Gasteiger charge is 2.11. The Labute approximate surface area is 164 Å². The second-order valence-corrected chi connectivity index (χ2v) is 6.70. The van der Waals surface area contributed by atoms with Crippen molar-refractivity contribution in [2.45, 2.75) is 26.9 Å². The van der Waals surface area contributed by atoms with Crippen molar-refractivity contribution in [2.75, 3.05) is 7.05 Å². The highest BCUT2D eigenvalue weighted by Crippen LogP contribution is 2.25. The van der Waals surface area contributed by atoms with E-state index in [2.05, 4.69) is 20.6 Å². The van der Waals surface area contributed by atoms with E-state index in [9.17, 15) is 4.79 Å². The van der Waals surface area contributed by atoms with Crippen molar-refractivity contribution in [2.24, 2.45) is 7.05 Å². The molecule has 28 heavy (non-hydrogen) atoms. The molecule has 8 heteroatoms. The molecular formula is C20H24N6O2. The van der Waals surface area contributed by atoms with Gasteiger partial charge < -0.3 is 15.0 Å². The van der Waals surface area contributed by atoms with Gasteiger partial charge in [-0.05, 0) is 42.7 Å². The molecule has 2 heterocycles. The van der Waals surface area contributed by atoms with E-state index >= 15 is 0 Å². The van der Waals surface area contributed by atoms with Gasteiger partial charge in [0.1, 0.15) is 11.4 Å². The van der Waals surface area contributed by atoms with E-state index in [1.165, 1.54) is 0 Å². The van der Waals surface area contributed by atoms with Crippen LogP contribution in [0.25, 0.3) is 0 Å². The van der Waals surface area contributed by atoms with E-state index in [1.54, 1.807) is 36.1 Å². The number of ether oxygens (including phenoxy) is 1. The Hall–Kier alpha value is -3.42. The minimum Gasteiger partial charge on any atom is -0.439 e. The van der Waals surface area contributed by atoms with E-state index < -0.39 is 0 Å². The van der Waals surface area contributed by atoms with Crippen LogP contribution in [0.5, 0.6) is 11.6 Å². The first-order valence-corrected chi connectivity index (χ1v) is 8.95. The molecule has 0 saturated carbocycles. The zero-order valence-corrected chi connectivity index (χ0v) is 16.5. The van der Waals surface area contributed by atoms with Gasteiger partial charge in [-0.15, -0.1) is 5.10 Å². The van der Waals surface area contributed by atoms with Gasteiger partial charge in [0, 0.05) is 39.1 Å². The zero-order valence-electron chi connectivity index (χ0n) is 16.5. The number of nitrogens with zero attached hydrogens (tertiary/aromatic N) is 5. The summed E-state index contributed by atoms with van der Waals surface area (Å²) < 4.78 is 7.52. The molecule has 0 aliphatic rings. The first-order chi connectivity index (χ1) is 13.4. The van der Waals surface area contributed by atoms with Crippen molar-refractivity contribution >= 4 is 6.03 Å². The van der Waals surface area contributed by atoms with Crippen LogP contribution in [0.15, 0.2) is 42.7 Å². The number of hydrogen-bond acceptors (Lipinski definition) is 5. The van der Waals surface area contributed by atoms with Crippen LogP contribution in [-0.2, 0) is 20.1 Å². The van der Waals surface area contributed by atoms with E-state index in [0.29, 0.717) is 19.0 Å². The monoisotopic (exact) mass is 380 g/mol. The lowest BCUT2D eigenvalue weighted by Gasteiger charge is -2.16. The summed E-state index contributed by atoms with van der Waals surface area (Å²) in [6.07, 6.45) is 3.45. The number of aromatic nitrogens is 4. The number of pyridine rings is 1. The lowest BCUT2D eigenvalue weighted by molar-refractivity contribution is 0.206. The number of nitrogens with one attached hydrogen (secondary N) is 1. The third-order valence-corrected chi connectivity index (χ3v) is 4.41. The minimum atomic E-state index is -0.195. The van der Waals surface area contributed by atoms with Crippen LogP contribution in [0, 0.1) is 13.8 Å². The molecule has 3 aromatic rings. The van der Waals surface area contributed by atoms with Gasteiger partial charge in [-0.3, -0.25) is 4.68 Å². The summed E-state index contributed by atoms with van der Waals surface area (Å²) in [6, 6.07) is 9.39. The number of carbonyl (C=O) groups is 1. The molecule has 3 rings (SSSR count). The first kappa shape index (κ1) is 19.3. The Kier molecular flexibility index (Phi) is 5.88. The van der Waals surface area contributed by atoms with Gasteiger partial charge in [0.15, 0.2) is 0 Å². The van der Waals surface area contributed by atoms with Gasteiger partial charge in [0.2, 0.25) is 5.88 Å². The van der Waals surface area contributed by atoms with Gasteiger partial charge in [0.05, 0.1) is 6.54 Å². The predicted octanol–water partition coefficient (Wildman–Crippen LogP) is 2.96. The lowest BCUT2D eigenvalue weighted by atomic mass is 10.1. The molecule has 0 aliphatic carbocycles. The Morgan fingerprint density at radius 3 is 2.86 bits per heavy atom. The van der Waals surface area contributed by atoms with E-state index in [0.717, 1.165) is 28.1 Å². The van der Waals surface area contributed by atoms with E-state index in [-0.39, 0.29) is 6.03 Å². The smallest absolute Gasteiger partial charge is 0.317 e. The molecule has 0 spiro atoms. The van der Waals surface area contributed by atoms with Crippen molar-refractivity contribution in [3.63, 3.8) is 0 Å². The Bertz CT molecular complexity index is 969. The van der Waals surface area contributed by atoms with Gasteiger partial charge >= 0.3 is 6.03 Å². The topological polar surface area (TPSA) is 85.2 Å². The largest absolute Gasteiger partial charge is 0.439 e. The highest BCUT2D eigenvalue weighted by molar-refractivity contribution is 5.73. The average Bonchev–Trinajstić information content (AvgIpc) is 3.08. The Balaban J connectivity index is 1.58. The van der Waals surface area contributed by atoms with Crippen molar-refractivity contribution in [1.29, 1.82) is 0 Å². The van der Waals surface area contributed by atoms with Crippen molar-refractivity contribution in [3.8, 4) is 11.6 Å². The van der Waals surface area contributed by atoms with Crippen LogP contribution in [0.4, 0.5) is 4.79 Å². The zero-order chi connectivity index (χ0) is 20.1.